The highest BCUT2D eigenvalue weighted by molar-refractivity contribution is 6.42. The third-order valence-corrected chi connectivity index (χ3v) is 3.74. The molecule has 1 aromatic carbocycles. The largest absolute Gasteiger partial charge is 0.480 e. The second kappa shape index (κ2) is 5.78. The Balaban J connectivity index is 1.96. The maximum atomic E-state index is 10.6. The Morgan fingerprint density at radius 1 is 1.17 bits per heavy atom. The molecule has 0 aromatic heterocycles. The van der Waals surface area contributed by atoms with E-state index in [0.29, 0.717) is 10.0 Å². The van der Waals surface area contributed by atoms with Crippen molar-refractivity contribution >= 4 is 34.9 Å². The molecule has 0 aliphatic carbocycles. The third-order valence-electron chi connectivity index (χ3n) is 3.00. The van der Waals surface area contributed by atoms with Gasteiger partial charge in [-0.2, -0.15) is 0 Å². The van der Waals surface area contributed by atoms with E-state index >= 15 is 0 Å². The number of anilines is 1. The highest BCUT2D eigenvalue weighted by Gasteiger charge is 2.19. The van der Waals surface area contributed by atoms with Gasteiger partial charge in [0.05, 0.1) is 16.6 Å². The van der Waals surface area contributed by atoms with Gasteiger partial charge in [0.1, 0.15) is 0 Å². The molecule has 6 heteroatoms. The number of halogens is 2. The number of piperazine rings is 1. The van der Waals surface area contributed by atoms with E-state index < -0.39 is 5.97 Å². The summed E-state index contributed by atoms with van der Waals surface area (Å²) in [5.41, 5.74) is 1.03. The summed E-state index contributed by atoms with van der Waals surface area (Å²) in [6.45, 7) is 3.19. The molecule has 0 amide bonds. The minimum atomic E-state index is -0.780. The smallest absolute Gasteiger partial charge is 0.317 e. The van der Waals surface area contributed by atoms with E-state index in [4.69, 9.17) is 28.3 Å². The summed E-state index contributed by atoms with van der Waals surface area (Å²) in [5, 5.41) is 9.82. The number of hydrogen-bond donors (Lipinski definition) is 1. The van der Waals surface area contributed by atoms with Crippen molar-refractivity contribution in [3.05, 3.63) is 28.2 Å². The summed E-state index contributed by atoms with van der Waals surface area (Å²) >= 11 is 11.9. The van der Waals surface area contributed by atoms with Gasteiger partial charge in [0.2, 0.25) is 0 Å². The van der Waals surface area contributed by atoms with E-state index in [1.54, 1.807) is 6.07 Å². The predicted molar refractivity (Wildman–Crippen MR) is 72.8 cm³/mol. The van der Waals surface area contributed by atoms with Crippen LogP contribution in [0, 0.1) is 0 Å². The van der Waals surface area contributed by atoms with Crippen molar-refractivity contribution < 1.29 is 9.90 Å². The summed E-state index contributed by atoms with van der Waals surface area (Å²) in [6.07, 6.45) is 0. The van der Waals surface area contributed by atoms with Crippen molar-refractivity contribution in [1.82, 2.24) is 4.90 Å². The van der Waals surface area contributed by atoms with E-state index in [2.05, 4.69) is 4.90 Å². The van der Waals surface area contributed by atoms with Crippen molar-refractivity contribution in [1.29, 1.82) is 0 Å². The first-order chi connectivity index (χ1) is 8.56. The van der Waals surface area contributed by atoms with Crippen molar-refractivity contribution in [3.8, 4) is 0 Å². The van der Waals surface area contributed by atoms with Gasteiger partial charge < -0.3 is 10.0 Å². The second-order valence-electron chi connectivity index (χ2n) is 4.26. The Kier molecular flexibility index (Phi) is 4.32. The molecule has 98 valence electrons. The molecule has 0 radical (unpaired) electrons. The van der Waals surface area contributed by atoms with Crippen LogP contribution in [0.4, 0.5) is 5.69 Å². The molecule has 0 spiro atoms. The summed E-state index contributed by atoms with van der Waals surface area (Å²) < 4.78 is 0. The fourth-order valence-corrected chi connectivity index (χ4v) is 2.33. The van der Waals surface area contributed by atoms with Crippen molar-refractivity contribution in [2.24, 2.45) is 0 Å². The van der Waals surface area contributed by atoms with Gasteiger partial charge in [0, 0.05) is 31.9 Å². The predicted octanol–water partition coefficient (Wildman–Crippen LogP) is 2.20. The zero-order valence-electron chi connectivity index (χ0n) is 9.77. The van der Waals surface area contributed by atoms with Gasteiger partial charge in [0.25, 0.3) is 0 Å². The molecule has 4 nitrogen and oxygen atoms in total. The van der Waals surface area contributed by atoms with Crippen LogP contribution in [-0.4, -0.2) is 48.7 Å². The fraction of sp³-hybridized carbons (Fsp3) is 0.417. The molecular formula is C12H14Cl2N2O2. The number of carbonyl (C=O) groups is 1. The van der Waals surface area contributed by atoms with Crippen molar-refractivity contribution in [3.63, 3.8) is 0 Å². The van der Waals surface area contributed by atoms with Crippen LogP contribution in [0.25, 0.3) is 0 Å². The summed E-state index contributed by atoms with van der Waals surface area (Å²) in [5.74, 6) is -0.780. The van der Waals surface area contributed by atoms with E-state index in [0.717, 1.165) is 31.9 Å². The highest BCUT2D eigenvalue weighted by atomic mass is 35.5. The maximum absolute atomic E-state index is 10.6. The minimum absolute atomic E-state index is 0.106. The SMILES string of the molecule is O=C(O)CN1CCN(c2ccc(Cl)c(Cl)c2)CC1. The first-order valence-electron chi connectivity index (χ1n) is 5.70. The van der Waals surface area contributed by atoms with E-state index in [1.165, 1.54) is 0 Å². The molecule has 1 aromatic rings. The zero-order valence-corrected chi connectivity index (χ0v) is 11.3. The molecule has 2 rings (SSSR count). The van der Waals surface area contributed by atoms with Crippen molar-refractivity contribution in [2.45, 2.75) is 0 Å². The van der Waals surface area contributed by atoms with Crippen LogP contribution in [0.3, 0.4) is 0 Å². The van der Waals surface area contributed by atoms with Gasteiger partial charge >= 0.3 is 5.97 Å². The summed E-state index contributed by atoms with van der Waals surface area (Å²) in [4.78, 5) is 14.7. The molecule has 1 heterocycles. The zero-order chi connectivity index (χ0) is 13.1. The van der Waals surface area contributed by atoms with Crippen LogP contribution < -0.4 is 4.90 Å². The average Bonchev–Trinajstić information content (AvgIpc) is 2.33. The van der Waals surface area contributed by atoms with Crippen LogP contribution in [0.2, 0.25) is 10.0 Å². The Morgan fingerprint density at radius 2 is 1.83 bits per heavy atom. The van der Waals surface area contributed by atoms with Gasteiger partial charge in [-0.3, -0.25) is 9.69 Å². The van der Waals surface area contributed by atoms with Gasteiger partial charge in [-0.15, -0.1) is 0 Å². The molecule has 0 saturated carbocycles. The first-order valence-corrected chi connectivity index (χ1v) is 6.46. The number of benzene rings is 1. The van der Waals surface area contributed by atoms with Crippen molar-refractivity contribution in [2.75, 3.05) is 37.6 Å². The second-order valence-corrected chi connectivity index (χ2v) is 5.07. The Labute approximate surface area is 116 Å². The molecular weight excluding hydrogens is 275 g/mol. The van der Waals surface area contributed by atoms with Gasteiger partial charge in [-0.1, -0.05) is 23.2 Å². The van der Waals surface area contributed by atoms with Crippen LogP contribution in [-0.2, 0) is 4.79 Å². The number of aliphatic carboxylic acids is 1. The number of rotatable bonds is 3. The van der Waals surface area contributed by atoms with E-state index in [1.807, 2.05) is 17.0 Å². The monoisotopic (exact) mass is 288 g/mol. The number of carboxylic acid groups (broad SMARTS) is 1. The standard InChI is InChI=1S/C12H14Cl2N2O2/c13-10-2-1-9(7-11(10)14)16-5-3-15(4-6-16)8-12(17)18/h1-2,7H,3-6,8H2,(H,17,18). The van der Waals surface area contributed by atoms with Crippen LogP contribution >= 0.6 is 23.2 Å². The molecule has 1 aliphatic rings. The van der Waals surface area contributed by atoms with Crippen LogP contribution in [0.5, 0.6) is 0 Å². The van der Waals surface area contributed by atoms with E-state index in [9.17, 15) is 4.79 Å². The molecule has 1 aliphatic heterocycles. The van der Waals surface area contributed by atoms with Crippen LogP contribution in [0.15, 0.2) is 18.2 Å². The number of hydrogen-bond acceptors (Lipinski definition) is 3. The van der Waals surface area contributed by atoms with Gasteiger partial charge in [-0.05, 0) is 18.2 Å². The summed E-state index contributed by atoms with van der Waals surface area (Å²) in [7, 11) is 0. The summed E-state index contributed by atoms with van der Waals surface area (Å²) in [6, 6.07) is 5.56. The molecule has 0 unspecified atom stereocenters. The highest BCUT2D eigenvalue weighted by Crippen LogP contribution is 2.27. The Hall–Kier alpha value is -0.970. The van der Waals surface area contributed by atoms with Gasteiger partial charge in [0.15, 0.2) is 0 Å². The number of carboxylic acids is 1. The average molecular weight is 289 g/mol. The van der Waals surface area contributed by atoms with Crippen LogP contribution in [0.1, 0.15) is 0 Å². The normalized spacial score (nSPS) is 16.9. The molecule has 0 atom stereocenters. The molecule has 1 N–H and O–H groups in total. The lowest BCUT2D eigenvalue weighted by Gasteiger charge is -2.35. The quantitative estimate of drug-likeness (QED) is 0.926. The molecule has 1 fully saturated rings. The molecule has 1 saturated heterocycles. The lowest BCUT2D eigenvalue weighted by Crippen LogP contribution is -2.47. The van der Waals surface area contributed by atoms with E-state index in [-0.39, 0.29) is 6.54 Å². The van der Waals surface area contributed by atoms with Gasteiger partial charge in [-0.25, -0.2) is 0 Å². The Bertz CT molecular complexity index is 446. The Morgan fingerprint density at radius 3 is 2.39 bits per heavy atom. The lowest BCUT2D eigenvalue weighted by molar-refractivity contribution is -0.138. The lowest BCUT2D eigenvalue weighted by atomic mass is 10.2. The molecule has 18 heavy (non-hydrogen) atoms. The maximum Gasteiger partial charge on any atom is 0.317 e. The third kappa shape index (κ3) is 3.28. The topological polar surface area (TPSA) is 43.8 Å². The fourth-order valence-electron chi connectivity index (χ4n) is 2.04. The number of nitrogens with zero attached hydrogens (tertiary/aromatic N) is 2. The molecule has 0 bridgehead atoms. The minimum Gasteiger partial charge on any atom is -0.480 e. The first kappa shape index (κ1) is 13.5.